The van der Waals surface area contributed by atoms with Crippen molar-refractivity contribution in [2.24, 2.45) is 0 Å². The van der Waals surface area contributed by atoms with E-state index >= 15 is 0 Å². The van der Waals surface area contributed by atoms with Gasteiger partial charge < -0.3 is 5.32 Å². The summed E-state index contributed by atoms with van der Waals surface area (Å²) in [5, 5.41) is 10.5. The van der Waals surface area contributed by atoms with E-state index in [1.807, 2.05) is 24.5 Å². The lowest BCUT2D eigenvalue weighted by molar-refractivity contribution is 0.547. The molecule has 0 radical (unpaired) electrons. The molecule has 2 aromatic heterocycles. The predicted octanol–water partition coefficient (Wildman–Crippen LogP) is 2.40. The molecule has 2 aromatic rings. The van der Waals surface area contributed by atoms with Crippen molar-refractivity contribution in [2.75, 3.05) is 6.54 Å². The fourth-order valence-electron chi connectivity index (χ4n) is 1.96. The molecule has 4 nitrogen and oxygen atoms in total. The fraction of sp³-hybridized carbons (Fsp3) is 0.429. The third kappa shape index (κ3) is 3.40. The second kappa shape index (κ2) is 6.31. The molecule has 0 unspecified atom stereocenters. The Labute approximate surface area is 108 Å². The lowest BCUT2D eigenvalue weighted by Crippen LogP contribution is -2.21. The highest BCUT2D eigenvalue weighted by Gasteiger charge is 2.05. The summed E-state index contributed by atoms with van der Waals surface area (Å²) in [7, 11) is 0. The average molecular weight is 244 g/mol. The molecule has 0 aliphatic carbocycles. The van der Waals surface area contributed by atoms with Gasteiger partial charge in [0, 0.05) is 17.9 Å². The van der Waals surface area contributed by atoms with Crippen molar-refractivity contribution >= 4 is 0 Å². The van der Waals surface area contributed by atoms with Crippen LogP contribution >= 0.6 is 0 Å². The fourth-order valence-corrected chi connectivity index (χ4v) is 1.96. The van der Waals surface area contributed by atoms with Crippen molar-refractivity contribution in [3.63, 3.8) is 0 Å². The summed E-state index contributed by atoms with van der Waals surface area (Å²) >= 11 is 0. The minimum atomic E-state index is 0.302. The van der Waals surface area contributed by atoms with Crippen molar-refractivity contribution in [2.45, 2.75) is 32.7 Å². The number of hydrogen-bond donors (Lipinski definition) is 2. The number of nitrogens with zero attached hydrogens (tertiary/aromatic N) is 2. The van der Waals surface area contributed by atoms with Gasteiger partial charge in [0.2, 0.25) is 0 Å². The molecule has 0 aliphatic heterocycles. The molecule has 1 atom stereocenters. The smallest absolute Gasteiger partial charge is 0.0570 e. The van der Waals surface area contributed by atoms with Gasteiger partial charge >= 0.3 is 0 Å². The first-order chi connectivity index (χ1) is 8.77. The van der Waals surface area contributed by atoms with E-state index in [9.17, 15) is 0 Å². The van der Waals surface area contributed by atoms with Gasteiger partial charge in [-0.3, -0.25) is 10.1 Å². The standard InChI is InChI=1S/C14H20N4/c1-11-13(10-17-18-11)6-5-9-15-12(2)14-7-3-4-8-16-14/h3-4,7-8,10,12,15H,5-6,9H2,1-2H3,(H,17,18)/t12-/m0/s1. The maximum Gasteiger partial charge on any atom is 0.0570 e. The number of hydrogen-bond acceptors (Lipinski definition) is 3. The predicted molar refractivity (Wildman–Crippen MR) is 72.3 cm³/mol. The molecule has 0 bridgehead atoms. The van der Waals surface area contributed by atoms with Crippen LogP contribution in [0.15, 0.2) is 30.6 Å². The van der Waals surface area contributed by atoms with Crippen molar-refractivity contribution < 1.29 is 0 Å². The van der Waals surface area contributed by atoms with Gasteiger partial charge in [0.25, 0.3) is 0 Å². The Balaban J connectivity index is 1.71. The lowest BCUT2D eigenvalue weighted by atomic mass is 10.1. The van der Waals surface area contributed by atoms with Crippen LogP contribution in [-0.2, 0) is 6.42 Å². The van der Waals surface area contributed by atoms with Gasteiger partial charge in [0.05, 0.1) is 11.9 Å². The van der Waals surface area contributed by atoms with Gasteiger partial charge in [-0.05, 0) is 50.9 Å². The highest BCUT2D eigenvalue weighted by molar-refractivity contribution is 5.14. The lowest BCUT2D eigenvalue weighted by Gasteiger charge is -2.12. The van der Waals surface area contributed by atoms with Crippen LogP contribution in [0.2, 0.25) is 0 Å². The normalized spacial score (nSPS) is 12.6. The first-order valence-electron chi connectivity index (χ1n) is 6.40. The van der Waals surface area contributed by atoms with E-state index < -0.39 is 0 Å². The number of nitrogens with one attached hydrogen (secondary N) is 2. The molecule has 0 saturated carbocycles. The minimum Gasteiger partial charge on any atom is -0.309 e. The molecule has 2 rings (SSSR count). The van der Waals surface area contributed by atoms with Crippen molar-refractivity contribution in [3.05, 3.63) is 47.5 Å². The van der Waals surface area contributed by atoms with E-state index in [4.69, 9.17) is 0 Å². The number of aromatic nitrogens is 3. The first kappa shape index (κ1) is 12.8. The van der Waals surface area contributed by atoms with Crippen molar-refractivity contribution in [1.29, 1.82) is 0 Å². The second-order valence-electron chi connectivity index (χ2n) is 4.55. The van der Waals surface area contributed by atoms with Crippen LogP contribution in [0, 0.1) is 6.92 Å². The molecule has 96 valence electrons. The van der Waals surface area contributed by atoms with Crippen molar-refractivity contribution in [3.8, 4) is 0 Å². The Morgan fingerprint density at radius 2 is 2.28 bits per heavy atom. The Bertz CT molecular complexity index is 464. The number of rotatable bonds is 6. The topological polar surface area (TPSA) is 53.6 Å². The molecule has 4 heteroatoms. The molecule has 0 fully saturated rings. The SMILES string of the molecule is Cc1[nH]ncc1CCCN[C@@H](C)c1ccccn1. The average Bonchev–Trinajstić information content (AvgIpc) is 2.81. The number of H-pyrrole nitrogens is 1. The van der Waals surface area contributed by atoms with E-state index in [2.05, 4.69) is 40.4 Å². The van der Waals surface area contributed by atoms with E-state index in [0.717, 1.165) is 25.1 Å². The molecule has 0 saturated heterocycles. The monoisotopic (exact) mass is 244 g/mol. The van der Waals surface area contributed by atoms with E-state index in [1.54, 1.807) is 0 Å². The van der Waals surface area contributed by atoms with Gasteiger partial charge in [-0.2, -0.15) is 5.10 Å². The Kier molecular flexibility index (Phi) is 4.47. The molecule has 2 N–H and O–H groups in total. The quantitative estimate of drug-likeness (QED) is 0.767. The van der Waals surface area contributed by atoms with E-state index in [1.165, 1.54) is 11.3 Å². The zero-order valence-electron chi connectivity index (χ0n) is 11.0. The zero-order chi connectivity index (χ0) is 12.8. The Hall–Kier alpha value is -1.68. The molecule has 18 heavy (non-hydrogen) atoms. The summed E-state index contributed by atoms with van der Waals surface area (Å²) < 4.78 is 0. The van der Waals surface area contributed by atoms with E-state index in [-0.39, 0.29) is 0 Å². The Morgan fingerprint density at radius 3 is 2.94 bits per heavy atom. The van der Waals surface area contributed by atoms with Gasteiger partial charge in [-0.25, -0.2) is 0 Å². The largest absolute Gasteiger partial charge is 0.309 e. The van der Waals surface area contributed by atoms with Crippen LogP contribution in [-0.4, -0.2) is 21.7 Å². The molecular weight excluding hydrogens is 224 g/mol. The zero-order valence-corrected chi connectivity index (χ0v) is 11.0. The molecule has 0 amide bonds. The second-order valence-corrected chi connectivity index (χ2v) is 4.55. The number of aromatic amines is 1. The molecular formula is C14H20N4. The van der Waals surface area contributed by atoms with Crippen LogP contribution in [0.5, 0.6) is 0 Å². The van der Waals surface area contributed by atoms with Crippen molar-refractivity contribution in [1.82, 2.24) is 20.5 Å². The van der Waals surface area contributed by atoms with Crippen LogP contribution in [0.1, 0.15) is 36.3 Å². The van der Waals surface area contributed by atoms with Gasteiger partial charge in [0.1, 0.15) is 0 Å². The van der Waals surface area contributed by atoms with E-state index in [0.29, 0.717) is 6.04 Å². The van der Waals surface area contributed by atoms with Gasteiger partial charge in [-0.1, -0.05) is 6.07 Å². The highest BCUT2D eigenvalue weighted by Crippen LogP contribution is 2.09. The summed E-state index contributed by atoms with van der Waals surface area (Å²) in [5.41, 5.74) is 3.58. The summed E-state index contributed by atoms with van der Waals surface area (Å²) in [6.45, 7) is 5.19. The third-order valence-electron chi connectivity index (χ3n) is 3.14. The van der Waals surface area contributed by atoms with Crippen LogP contribution in [0.25, 0.3) is 0 Å². The van der Waals surface area contributed by atoms with Crippen LogP contribution < -0.4 is 5.32 Å². The maximum atomic E-state index is 4.34. The highest BCUT2D eigenvalue weighted by atomic mass is 15.1. The summed E-state index contributed by atoms with van der Waals surface area (Å²) in [6.07, 6.45) is 5.92. The van der Waals surface area contributed by atoms with Crippen LogP contribution in [0.3, 0.4) is 0 Å². The van der Waals surface area contributed by atoms with Gasteiger partial charge in [-0.15, -0.1) is 0 Å². The number of aryl methyl sites for hydroxylation is 2. The molecule has 0 aliphatic rings. The third-order valence-corrected chi connectivity index (χ3v) is 3.14. The number of pyridine rings is 1. The molecule has 0 aromatic carbocycles. The first-order valence-corrected chi connectivity index (χ1v) is 6.40. The molecule has 0 spiro atoms. The summed E-state index contributed by atoms with van der Waals surface area (Å²) in [6, 6.07) is 6.32. The maximum absolute atomic E-state index is 4.34. The molecule has 2 heterocycles. The Morgan fingerprint density at radius 1 is 1.39 bits per heavy atom. The summed E-state index contributed by atoms with van der Waals surface area (Å²) in [4.78, 5) is 4.34. The van der Waals surface area contributed by atoms with Crippen LogP contribution in [0.4, 0.5) is 0 Å². The summed E-state index contributed by atoms with van der Waals surface area (Å²) in [5.74, 6) is 0. The minimum absolute atomic E-state index is 0.302. The van der Waals surface area contributed by atoms with Gasteiger partial charge in [0.15, 0.2) is 0 Å².